The molecule has 2 heterocycles. The summed E-state index contributed by atoms with van der Waals surface area (Å²) >= 11 is 2.16. The van der Waals surface area contributed by atoms with E-state index in [2.05, 4.69) is 25.6 Å². The molecule has 11 heavy (non-hydrogen) atoms. The molecule has 0 bridgehead atoms. The summed E-state index contributed by atoms with van der Waals surface area (Å²) in [6, 6.07) is 0. The van der Waals surface area contributed by atoms with Gasteiger partial charge in [0.15, 0.2) is 0 Å². The van der Waals surface area contributed by atoms with Gasteiger partial charge in [0.05, 0.1) is 8.16 Å². The molecule has 0 nitrogen and oxygen atoms in total. The van der Waals surface area contributed by atoms with Gasteiger partial charge in [0.2, 0.25) is 0 Å². The van der Waals surface area contributed by atoms with Gasteiger partial charge in [-0.25, -0.2) is 0 Å². The van der Waals surface area contributed by atoms with E-state index in [1.165, 1.54) is 11.5 Å². The maximum absolute atomic E-state index is 2.37. The van der Waals surface area contributed by atoms with E-state index in [-0.39, 0.29) is 0 Å². The molecule has 0 amide bonds. The summed E-state index contributed by atoms with van der Waals surface area (Å²) in [7, 11) is 8.08. The van der Waals surface area contributed by atoms with Crippen molar-refractivity contribution in [1.29, 1.82) is 0 Å². The molecule has 2 atom stereocenters. The smallest absolute Gasteiger partial charge is 0.0798 e. The Morgan fingerprint density at radius 1 is 1.00 bits per heavy atom. The molecule has 2 saturated heterocycles. The van der Waals surface area contributed by atoms with Crippen molar-refractivity contribution >= 4 is 54.9 Å². The van der Waals surface area contributed by atoms with Crippen LogP contribution in [0.5, 0.6) is 0 Å². The summed E-state index contributed by atoms with van der Waals surface area (Å²) in [5.74, 6) is 2.65. The van der Waals surface area contributed by atoms with Crippen LogP contribution in [-0.2, 0) is 0 Å². The van der Waals surface area contributed by atoms with Crippen LogP contribution >= 0.6 is 54.9 Å². The number of hydrogen-bond acceptors (Lipinski definition) is 5. The predicted octanol–water partition coefficient (Wildman–Crippen LogP) is 3.94. The van der Waals surface area contributed by atoms with E-state index in [4.69, 9.17) is 0 Å². The van der Waals surface area contributed by atoms with E-state index < -0.39 is 0 Å². The van der Waals surface area contributed by atoms with Gasteiger partial charge >= 0.3 is 0 Å². The molecule has 2 aliphatic rings. The summed E-state index contributed by atoms with van der Waals surface area (Å²) in [6.45, 7) is 4.74. The number of hydrogen-bond donors (Lipinski definition) is 0. The van der Waals surface area contributed by atoms with Crippen molar-refractivity contribution in [1.82, 2.24) is 0 Å². The Balaban J connectivity index is 1.88. The standard InChI is InChI=1S/C6H10S5/c1-5(3-7-10-5)9-6(2)4-8-11-6/h3-4H2,1-2H3. The van der Waals surface area contributed by atoms with E-state index in [1.807, 2.05) is 43.2 Å². The van der Waals surface area contributed by atoms with Gasteiger partial charge < -0.3 is 0 Å². The fourth-order valence-corrected chi connectivity index (χ4v) is 9.86. The molecule has 2 rings (SSSR count). The van der Waals surface area contributed by atoms with E-state index in [0.717, 1.165) is 0 Å². The van der Waals surface area contributed by atoms with Crippen molar-refractivity contribution < 1.29 is 0 Å². The monoisotopic (exact) mass is 242 g/mol. The Hall–Kier alpha value is 1.75. The third kappa shape index (κ3) is 1.98. The Morgan fingerprint density at radius 2 is 1.36 bits per heavy atom. The highest BCUT2D eigenvalue weighted by Crippen LogP contribution is 2.66. The van der Waals surface area contributed by atoms with Gasteiger partial charge in [0, 0.05) is 11.5 Å². The van der Waals surface area contributed by atoms with Crippen LogP contribution in [-0.4, -0.2) is 19.7 Å². The van der Waals surface area contributed by atoms with Gasteiger partial charge in [-0.3, -0.25) is 0 Å². The number of rotatable bonds is 2. The second-order valence-electron chi connectivity index (χ2n) is 3.06. The van der Waals surface area contributed by atoms with Crippen molar-refractivity contribution in [2.45, 2.75) is 22.0 Å². The molecular formula is C6H10S5. The predicted molar refractivity (Wildman–Crippen MR) is 64.5 cm³/mol. The fraction of sp³-hybridized carbons (Fsp3) is 1.00. The van der Waals surface area contributed by atoms with Gasteiger partial charge in [-0.15, -0.1) is 11.8 Å². The molecule has 0 spiro atoms. The lowest BCUT2D eigenvalue weighted by Gasteiger charge is -2.45. The Morgan fingerprint density at radius 3 is 1.55 bits per heavy atom. The minimum atomic E-state index is 0.521. The van der Waals surface area contributed by atoms with Crippen LogP contribution in [0.4, 0.5) is 0 Å². The first kappa shape index (κ1) is 9.31. The average Bonchev–Trinajstić information content (AvgIpc) is 1.81. The topological polar surface area (TPSA) is 0 Å². The van der Waals surface area contributed by atoms with Crippen LogP contribution < -0.4 is 0 Å². The Bertz CT molecular complexity index is 142. The first-order valence-corrected chi connectivity index (χ1v) is 8.89. The molecule has 2 aliphatic heterocycles. The van der Waals surface area contributed by atoms with Crippen molar-refractivity contribution in [3.63, 3.8) is 0 Å². The Labute approximate surface area is 88.0 Å². The second kappa shape index (κ2) is 3.15. The van der Waals surface area contributed by atoms with Gasteiger partial charge in [0.25, 0.3) is 0 Å². The summed E-state index contributed by atoms with van der Waals surface area (Å²) in [5.41, 5.74) is 0. The molecule has 0 saturated carbocycles. The van der Waals surface area contributed by atoms with Crippen molar-refractivity contribution in [3.8, 4) is 0 Å². The lowest BCUT2D eigenvalue weighted by molar-refractivity contribution is 0.976. The molecule has 0 aromatic heterocycles. The normalized spacial score (nSPS) is 49.6. The van der Waals surface area contributed by atoms with Crippen LogP contribution in [0.2, 0.25) is 0 Å². The first-order chi connectivity index (χ1) is 5.12. The molecule has 0 aromatic rings. The quantitative estimate of drug-likeness (QED) is 0.671. The molecule has 0 aromatic carbocycles. The van der Waals surface area contributed by atoms with Crippen LogP contribution in [0, 0.1) is 0 Å². The van der Waals surface area contributed by atoms with E-state index in [9.17, 15) is 0 Å². The maximum atomic E-state index is 2.37. The molecular weight excluding hydrogens is 232 g/mol. The van der Waals surface area contributed by atoms with E-state index in [1.54, 1.807) is 0 Å². The molecule has 2 unspecified atom stereocenters. The van der Waals surface area contributed by atoms with Gasteiger partial charge in [0.1, 0.15) is 0 Å². The third-order valence-corrected chi connectivity index (χ3v) is 11.3. The highest BCUT2D eigenvalue weighted by atomic mass is 33.1. The highest BCUT2D eigenvalue weighted by molar-refractivity contribution is 8.84. The fourth-order valence-electron chi connectivity index (χ4n) is 0.999. The lowest BCUT2D eigenvalue weighted by Crippen LogP contribution is -2.35. The molecule has 0 aliphatic carbocycles. The van der Waals surface area contributed by atoms with Crippen LogP contribution in [0.15, 0.2) is 0 Å². The largest absolute Gasteiger partial charge is 0.123 e. The SMILES string of the molecule is CC1(SC2(C)CSS2)CSS1. The van der Waals surface area contributed by atoms with Crippen LogP contribution in [0.3, 0.4) is 0 Å². The Kier molecular flexibility index (Phi) is 2.67. The second-order valence-corrected chi connectivity index (χ2v) is 11.2. The van der Waals surface area contributed by atoms with Crippen LogP contribution in [0.25, 0.3) is 0 Å². The molecule has 64 valence electrons. The van der Waals surface area contributed by atoms with Crippen molar-refractivity contribution in [2.24, 2.45) is 0 Å². The first-order valence-electron chi connectivity index (χ1n) is 3.43. The molecule has 5 heteroatoms. The van der Waals surface area contributed by atoms with Crippen molar-refractivity contribution in [3.05, 3.63) is 0 Å². The number of thioether (sulfide) groups is 1. The van der Waals surface area contributed by atoms with Gasteiger partial charge in [-0.2, -0.15) is 0 Å². The lowest BCUT2D eigenvalue weighted by atomic mass is 10.5. The van der Waals surface area contributed by atoms with Gasteiger partial charge in [-0.05, 0) is 13.8 Å². The van der Waals surface area contributed by atoms with Gasteiger partial charge in [-0.1, -0.05) is 43.2 Å². The maximum Gasteiger partial charge on any atom is 0.0798 e. The van der Waals surface area contributed by atoms with Crippen molar-refractivity contribution in [2.75, 3.05) is 11.5 Å². The van der Waals surface area contributed by atoms with E-state index in [0.29, 0.717) is 8.16 Å². The summed E-state index contributed by atoms with van der Waals surface area (Å²) in [5, 5.41) is 0. The summed E-state index contributed by atoms with van der Waals surface area (Å²) in [4.78, 5) is 0. The zero-order valence-electron chi connectivity index (χ0n) is 6.46. The molecule has 2 fully saturated rings. The van der Waals surface area contributed by atoms with Crippen LogP contribution in [0.1, 0.15) is 13.8 Å². The zero-order chi connectivity index (χ0) is 7.95. The third-order valence-electron chi connectivity index (χ3n) is 1.54. The zero-order valence-corrected chi connectivity index (χ0v) is 10.5. The summed E-state index contributed by atoms with van der Waals surface area (Å²) in [6.07, 6.45) is 0. The highest BCUT2D eigenvalue weighted by Gasteiger charge is 2.45. The van der Waals surface area contributed by atoms with E-state index >= 15 is 0 Å². The summed E-state index contributed by atoms with van der Waals surface area (Å²) < 4.78 is 1.04. The average molecular weight is 242 g/mol. The minimum absolute atomic E-state index is 0.521. The minimum Gasteiger partial charge on any atom is -0.123 e. The molecule has 0 N–H and O–H groups in total. The molecule has 0 radical (unpaired) electrons.